The van der Waals surface area contributed by atoms with E-state index in [1.54, 1.807) is 0 Å². The maximum absolute atomic E-state index is 9.96. The molecule has 0 bridgehead atoms. The van der Waals surface area contributed by atoms with E-state index in [2.05, 4.69) is 48.5 Å². The predicted molar refractivity (Wildman–Crippen MR) is 108 cm³/mol. The van der Waals surface area contributed by atoms with Gasteiger partial charge in [0.15, 0.2) is 0 Å². The van der Waals surface area contributed by atoms with E-state index < -0.39 is 0 Å². The minimum absolute atomic E-state index is 0.106. The summed E-state index contributed by atoms with van der Waals surface area (Å²) < 4.78 is 0. The summed E-state index contributed by atoms with van der Waals surface area (Å²) in [6.45, 7) is 18.4. The highest BCUT2D eigenvalue weighted by molar-refractivity contribution is 5.05. The van der Waals surface area contributed by atoms with E-state index in [9.17, 15) is 5.26 Å². The molecule has 0 radical (unpaired) electrons. The lowest BCUT2D eigenvalue weighted by molar-refractivity contribution is 0.0527. The monoisotopic (exact) mass is 360 g/mol. The zero-order valence-electron chi connectivity index (χ0n) is 17.6. The first kappa shape index (κ1) is 20.1. The molecule has 2 aliphatic heterocycles. The number of piperidine rings is 1. The average molecular weight is 361 g/mol. The van der Waals surface area contributed by atoms with E-state index in [0.29, 0.717) is 11.5 Å². The van der Waals surface area contributed by atoms with Gasteiger partial charge in [0.05, 0.1) is 11.5 Å². The Balaban J connectivity index is 1.46. The van der Waals surface area contributed by atoms with E-state index in [1.165, 1.54) is 25.8 Å². The second kappa shape index (κ2) is 8.17. The highest BCUT2D eigenvalue weighted by Crippen LogP contribution is 2.51. The molecule has 1 saturated carbocycles. The number of hydrogen-bond donors (Lipinski definition) is 0. The van der Waals surface area contributed by atoms with Crippen LogP contribution in [-0.2, 0) is 0 Å². The first-order valence-corrected chi connectivity index (χ1v) is 11.0. The maximum Gasteiger partial charge on any atom is 0.0725 e. The van der Waals surface area contributed by atoms with Crippen molar-refractivity contribution in [2.24, 2.45) is 16.7 Å². The lowest BCUT2D eigenvalue weighted by Gasteiger charge is -2.44. The number of hydrogen-bond acceptors (Lipinski definition) is 4. The molecule has 0 spiro atoms. The Morgan fingerprint density at radius 3 is 1.85 bits per heavy atom. The largest absolute Gasteiger partial charge is 0.303 e. The summed E-state index contributed by atoms with van der Waals surface area (Å²) in [5.74, 6) is 0.810. The van der Waals surface area contributed by atoms with Gasteiger partial charge in [-0.1, -0.05) is 13.8 Å². The molecular weight excluding hydrogens is 320 g/mol. The molecule has 3 fully saturated rings. The van der Waals surface area contributed by atoms with Crippen LogP contribution in [0, 0.1) is 28.1 Å². The Labute approximate surface area is 161 Å². The second-order valence-corrected chi connectivity index (χ2v) is 10.2. The number of piperazine rings is 1. The van der Waals surface area contributed by atoms with E-state index >= 15 is 0 Å². The van der Waals surface area contributed by atoms with Crippen molar-refractivity contribution in [1.82, 2.24) is 14.7 Å². The number of likely N-dealkylation sites (tertiary alicyclic amines) is 1. The summed E-state index contributed by atoms with van der Waals surface area (Å²) in [5.41, 5.74) is 0.513. The van der Waals surface area contributed by atoms with Crippen molar-refractivity contribution in [3.8, 4) is 6.07 Å². The molecule has 0 aromatic carbocycles. The topological polar surface area (TPSA) is 33.5 Å². The first-order valence-electron chi connectivity index (χ1n) is 11.0. The van der Waals surface area contributed by atoms with Crippen LogP contribution in [-0.4, -0.2) is 73.1 Å². The molecule has 0 aromatic rings. The third kappa shape index (κ3) is 5.00. The van der Waals surface area contributed by atoms with Gasteiger partial charge in [0.2, 0.25) is 0 Å². The molecule has 2 saturated heterocycles. The quantitative estimate of drug-likeness (QED) is 0.696. The Morgan fingerprint density at radius 1 is 0.808 bits per heavy atom. The van der Waals surface area contributed by atoms with E-state index in [4.69, 9.17) is 0 Å². The minimum Gasteiger partial charge on any atom is -0.303 e. The van der Waals surface area contributed by atoms with Gasteiger partial charge in [-0.05, 0) is 70.4 Å². The third-order valence-corrected chi connectivity index (χ3v) is 7.07. The molecule has 0 N–H and O–H groups in total. The normalized spacial score (nSPS) is 27.0. The minimum atomic E-state index is -0.106. The lowest BCUT2D eigenvalue weighted by atomic mass is 9.78. The van der Waals surface area contributed by atoms with E-state index in [-0.39, 0.29) is 5.41 Å². The summed E-state index contributed by atoms with van der Waals surface area (Å²) in [5, 5.41) is 9.96. The molecular formula is C22H40N4. The Morgan fingerprint density at radius 2 is 1.38 bits per heavy atom. The van der Waals surface area contributed by atoms with E-state index in [1.807, 2.05) is 0 Å². The Bertz CT molecular complexity index is 487. The molecule has 148 valence electrons. The SMILES string of the molecule is CC(C)CC1(CN2CCC(C#N)(CN3CCN(C(C)C)CC3)CC2)CC1. The predicted octanol–water partition coefficient (Wildman–Crippen LogP) is 3.44. The molecule has 0 atom stereocenters. The number of nitriles is 1. The summed E-state index contributed by atoms with van der Waals surface area (Å²) >= 11 is 0. The Kier molecular flexibility index (Phi) is 6.32. The zero-order chi connectivity index (χ0) is 18.8. The molecule has 3 aliphatic rings. The fourth-order valence-electron chi connectivity index (χ4n) is 5.25. The van der Waals surface area contributed by atoms with Crippen molar-refractivity contribution in [1.29, 1.82) is 5.26 Å². The Hall–Kier alpha value is -0.630. The van der Waals surface area contributed by atoms with Crippen LogP contribution in [0.25, 0.3) is 0 Å². The molecule has 0 unspecified atom stereocenters. The number of nitrogens with zero attached hydrogens (tertiary/aromatic N) is 4. The van der Waals surface area contributed by atoms with Crippen LogP contribution in [0.5, 0.6) is 0 Å². The van der Waals surface area contributed by atoms with Gasteiger partial charge >= 0.3 is 0 Å². The molecule has 3 rings (SSSR count). The molecule has 2 heterocycles. The first-order chi connectivity index (χ1) is 12.4. The number of rotatable bonds is 7. The standard InChI is InChI=1S/C22H40N4/c1-19(2)15-21(5-6-21)17-24-9-7-22(16-23,8-10-24)18-25-11-13-26(14-12-25)20(3)4/h19-20H,5-15,17-18H2,1-4H3. The summed E-state index contributed by atoms with van der Waals surface area (Å²) in [6.07, 6.45) is 6.35. The molecule has 26 heavy (non-hydrogen) atoms. The van der Waals surface area contributed by atoms with Gasteiger partial charge in [0.1, 0.15) is 0 Å². The van der Waals surface area contributed by atoms with Gasteiger partial charge in [0.25, 0.3) is 0 Å². The average Bonchev–Trinajstić information content (AvgIpc) is 3.35. The van der Waals surface area contributed by atoms with Crippen LogP contribution in [0.15, 0.2) is 0 Å². The smallest absolute Gasteiger partial charge is 0.0725 e. The van der Waals surface area contributed by atoms with Gasteiger partial charge in [-0.25, -0.2) is 0 Å². The zero-order valence-corrected chi connectivity index (χ0v) is 17.6. The van der Waals surface area contributed by atoms with Crippen LogP contribution in [0.1, 0.15) is 59.8 Å². The van der Waals surface area contributed by atoms with Crippen LogP contribution < -0.4 is 0 Å². The molecule has 4 nitrogen and oxygen atoms in total. The summed E-state index contributed by atoms with van der Waals surface area (Å²) in [6, 6.07) is 3.39. The van der Waals surface area contributed by atoms with Gasteiger partial charge in [-0.3, -0.25) is 9.80 Å². The van der Waals surface area contributed by atoms with Crippen molar-refractivity contribution in [2.75, 3.05) is 52.4 Å². The van der Waals surface area contributed by atoms with Crippen LogP contribution in [0.3, 0.4) is 0 Å². The van der Waals surface area contributed by atoms with Crippen LogP contribution in [0.2, 0.25) is 0 Å². The van der Waals surface area contributed by atoms with Crippen LogP contribution >= 0.6 is 0 Å². The second-order valence-electron chi connectivity index (χ2n) is 10.2. The summed E-state index contributed by atoms with van der Waals surface area (Å²) in [7, 11) is 0. The highest BCUT2D eigenvalue weighted by Gasteiger charge is 2.45. The molecule has 0 aromatic heterocycles. The molecule has 1 aliphatic carbocycles. The third-order valence-electron chi connectivity index (χ3n) is 7.07. The molecule has 4 heteroatoms. The summed E-state index contributed by atoms with van der Waals surface area (Å²) in [4.78, 5) is 7.78. The highest BCUT2D eigenvalue weighted by atomic mass is 15.3. The van der Waals surface area contributed by atoms with Crippen molar-refractivity contribution < 1.29 is 0 Å². The lowest BCUT2D eigenvalue weighted by Crippen LogP contribution is -2.53. The van der Waals surface area contributed by atoms with Crippen LogP contribution in [0.4, 0.5) is 0 Å². The van der Waals surface area contributed by atoms with Gasteiger partial charge in [0, 0.05) is 45.3 Å². The fraction of sp³-hybridized carbons (Fsp3) is 0.955. The maximum atomic E-state index is 9.96. The van der Waals surface area contributed by atoms with E-state index in [0.717, 1.165) is 64.6 Å². The molecule has 0 amide bonds. The van der Waals surface area contributed by atoms with Gasteiger partial charge < -0.3 is 4.90 Å². The fourth-order valence-corrected chi connectivity index (χ4v) is 5.25. The van der Waals surface area contributed by atoms with Gasteiger partial charge in [-0.2, -0.15) is 5.26 Å². The van der Waals surface area contributed by atoms with Gasteiger partial charge in [-0.15, -0.1) is 0 Å². The van der Waals surface area contributed by atoms with Crippen molar-refractivity contribution in [2.45, 2.75) is 65.8 Å². The van der Waals surface area contributed by atoms with Crippen molar-refractivity contribution in [3.05, 3.63) is 0 Å². The van der Waals surface area contributed by atoms with Crippen molar-refractivity contribution >= 4 is 0 Å². The van der Waals surface area contributed by atoms with Crippen molar-refractivity contribution in [3.63, 3.8) is 0 Å².